The molecule has 17 heavy (non-hydrogen) atoms. The van der Waals surface area contributed by atoms with Crippen molar-refractivity contribution in [3.05, 3.63) is 29.3 Å². The van der Waals surface area contributed by atoms with Gasteiger partial charge in [-0.05, 0) is 0 Å². The number of benzene rings is 1. The van der Waals surface area contributed by atoms with Crippen LogP contribution >= 0.6 is 0 Å². The van der Waals surface area contributed by atoms with Crippen molar-refractivity contribution < 1.29 is 28.2 Å². The molecule has 1 aromatic rings. The highest BCUT2D eigenvalue weighted by Gasteiger charge is 2.11. The number of ether oxygens (including phenoxy) is 2. The summed E-state index contributed by atoms with van der Waals surface area (Å²) in [6.07, 6.45) is -0.0328. The molecule has 0 saturated heterocycles. The van der Waals surface area contributed by atoms with Gasteiger partial charge in [-0.1, -0.05) is 0 Å². The zero-order chi connectivity index (χ0) is 12.8. The molecule has 0 radical (unpaired) electrons. The molecule has 0 aliphatic rings. The van der Waals surface area contributed by atoms with Crippen LogP contribution in [0.3, 0.4) is 0 Å². The number of hydrogen-bond donors (Lipinski definition) is 1. The van der Waals surface area contributed by atoms with Gasteiger partial charge in [-0.3, -0.25) is 0 Å². The van der Waals surface area contributed by atoms with Gasteiger partial charge in [-0.2, -0.15) is 0 Å². The van der Waals surface area contributed by atoms with Crippen LogP contribution in [0.2, 0.25) is 0 Å². The lowest BCUT2D eigenvalue weighted by Gasteiger charge is -2.07. The first kappa shape index (κ1) is 13.4. The molecule has 0 aliphatic carbocycles. The zero-order valence-electron chi connectivity index (χ0n) is 9.20. The Kier molecular flexibility index (Phi) is 4.84. The first-order chi connectivity index (χ1) is 8.04. The van der Waals surface area contributed by atoms with Crippen LogP contribution < -0.4 is 4.74 Å². The molecule has 1 rings (SSSR count). The number of methoxy groups -OCH3 is 1. The zero-order valence-corrected chi connectivity index (χ0v) is 9.20. The van der Waals surface area contributed by atoms with Crippen molar-refractivity contribution in [3.8, 4) is 5.75 Å². The van der Waals surface area contributed by atoms with E-state index < -0.39 is 24.2 Å². The van der Waals surface area contributed by atoms with E-state index in [1.807, 2.05) is 0 Å². The molecule has 0 heterocycles. The van der Waals surface area contributed by atoms with E-state index in [9.17, 15) is 13.6 Å². The van der Waals surface area contributed by atoms with Crippen molar-refractivity contribution in [1.29, 1.82) is 0 Å². The van der Waals surface area contributed by atoms with Crippen molar-refractivity contribution >= 4 is 5.97 Å². The SMILES string of the molecule is COc1cc(F)c(CCOCC(=O)O)c(F)c1. The summed E-state index contributed by atoms with van der Waals surface area (Å²) in [6, 6.07) is 2.13. The molecule has 1 aromatic carbocycles. The number of aliphatic carboxylic acids is 1. The van der Waals surface area contributed by atoms with Gasteiger partial charge in [-0.25, -0.2) is 13.6 Å². The molecule has 0 fully saturated rings. The van der Waals surface area contributed by atoms with Gasteiger partial charge in [0.1, 0.15) is 24.0 Å². The van der Waals surface area contributed by atoms with Gasteiger partial charge in [-0.15, -0.1) is 0 Å². The van der Waals surface area contributed by atoms with Crippen LogP contribution in [0.1, 0.15) is 5.56 Å². The van der Waals surface area contributed by atoms with Gasteiger partial charge >= 0.3 is 5.97 Å². The Hall–Kier alpha value is -1.69. The van der Waals surface area contributed by atoms with Gasteiger partial charge in [0.2, 0.25) is 0 Å². The first-order valence-electron chi connectivity index (χ1n) is 4.86. The van der Waals surface area contributed by atoms with Crippen molar-refractivity contribution in [3.63, 3.8) is 0 Å². The summed E-state index contributed by atoms with van der Waals surface area (Å²) in [5, 5.41) is 8.30. The van der Waals surface area contributed by atoms with E-state index in [4.69, 9.17) is 14.6 Å². The average Bonchev–Trinajstić information content (AvgIpc) is 2.26. The Morgan fingerprint density at radius 1 is 1.35 bits per heavy atom. The van der Waals surface area contributed by atoms with E-state index in [0.29, 0.717) is 0 Å². The first-order valence-corrected chi connectivity index (χ1v) is 4.86. The number of carboxylic acids is 1. The Bertz CT molecular complexity index is 383. The van der Waals surface area contributed by atoms with E-state index >= 15 is 0 Å². The topological polar surface area (TPSA) is 55.8 Å². The van der Waals surface area contributed by atoms with E-state index in [-0.39, 0.29) is 24.3 Å². The van der Waals surface area contributed by atoms with Crippen LogP contribution in [0.4, 0.5) is 8.78 Å². The normalized spacial score (nSPS) is 10.3. The van der Waals surface area contributed by atoms with Crippen LogP contribution in [0.25, 0.3) is 0 Å². The van der Waals surface area contributed by atoms with Crippen LogP contribution in [0, 0.1) is 11.6 Å². The minimum atomic E-state index is -1.12. The molecule has 0 aliphatic heterocycles. The molecule has 0 atom stereocenters. The summed E-state index contributed by atoms with van der Waals surface area (Å²) in [7, 11) is 1.31. The van der Waals surface area contributed by atoms with Gasteiger partial charge in [0.05, 0.1) is 13.7 Å². The fourth-order valence-corrected chi connectivity index (χ4v) is 1.27. The summed E-state index contributed by atoms with van der Waals surface area (Å²) in [6.45, 7) is -0.550. The molecule has 0 amide bonds. The van der Waals surface area contributed by atoms with E-state index in [1.165, 1.54) is 7.11 Å². The molecule has 0 saturated carbocycles. The number of carboxylic acid groups (broad SMARTS) is 1. The smallest absolute Gasteiger partial charge is 0.329 e. The average molecular weight is 246 g/mol. The van der Waals surface area contributed by atoms with Crippen molar-refractivity contribution in [2.75, 3.05) is 20.3 Å². The molecule has 0 unspecified atom stereocenters. The lowest BCUT2D eigenvalue weighted by atomic mass is 10.1. The number of carbonyl (C=O) groups is 1. The van der Waals surface area contributed by atoms with Gasteiger partial charge < -0.3 is 14.6 Å². The molecular formula is C11H12F2O4. The lowest BCUT2D eigenvalue weighted by molar-refractivity contribution is -0.142. The largest absolute Gasteiger partial charge is 0.497 e. The van der Waals surface area contributed by atoms with E-state index in [2.05, 4.69) is 0 Å². The van der Waals surface area contributed by atoms with Gasteiger partial charge in [0, 0.05) is 24.1 Å². The van der Waals surface area contributed by atoms with Crippen molar-refractivity contribution in [1.82, 2.24) is 0 Å². The molecule has 0 spiro atoms. The predicted octanol–water partition coefficient (Wildman–Crippen LogP) is 1.62. The molecule has 0 bridgehead atoms. The standard InChI is InChI=1S/C11H12F2O4/c1-16-7-4-9(12)8(10(13)5-7)2-3-17-6-11(14)15/h4-5H,2-3,6H2,1H3,(H,14,15). The number of halogens is 2. The van der Waals surface area contributed by atoms with Gasteiger partial charge in [0.25, 0.3) is 0 Å². The molecule has 1 N–H and O–H groups in total. The summed E-state index contributed by atoms with van der Waals surface area (Å²) in [5.41, 5.74) is -0.142. The number of rotatable bonds is 6. The Morgan fingerprint density at radius 3 is 2.41 bits per heavy atom. The molecule has 94 valence electrons. The van der Waals surface area contributed by atoms with Crippen molar-refractivity contribution in [2.24, 2.45) is 0 Å². The van der Waals surface area contributed by atoms with Gasteiger partial charge in [0.15, 0.2) is 0 Å². The maximum Gasteiger partial charge on any atom is 0.329 e. The molecule has 6 heteroatoms. The second kappa shape index (κ2) is 6.15. The third-order valence-electron chi connectivity index (χ3n) is 2.07. The highest BCUT2D eigenvalue weighted by atomic mass is 19.1. The third-order valence-corrected chi connectivity index (χ3v) is 2.07. The lowest BCUT2D eigenvalue weighted by Crippen LogP contribution is -2.10. The summed E-state index contributed by atoms with van der Waals surface area (Å²) in [5.74, 6) is -2.50. The minimum Gasteiger partial charge on any atom is -0.497 e. The maximum atomic E-state index is 13.4. The van der Waals surface area contributed by atoms with Crippen LogP contribution in [-0.2, 0) is 16.0 Å². The van der Waals surface area contributed by atoms with E-state index in [1.54, 1.807) is 0 Å². The monoisotopic (exact) mass is 246 g/mol. The fourth-order valence-electron chi connectivity index (χ4n) is 1.27. The summed E-state index contributed by atoms with van der Waals surface area (Å²) >= 11 is 0. The van der Waals surface area contributed by atoms with Crippen LogP contribution in [0.5, 0.6) is 5.75 Å². The second-order valence-electron chi connectivity index (χ2n) is 3.27. The quantitative estimate of drug-likeness (QED) is 0.775. The Labute approximate surface area is 96.8 Å². The second-order valence-corrected chi connectivity index (χ2v) is 3.27. The number of hydrogen-bond acceptors (Lipinski definition) is 3. The highest BCUT2D eigenvalue weighted by molar-refractivity contribution is 5.67. The molecule has 0 aromatic heterocycles. The maximum absolute atomic E-state index is 13.4. The Balaban J connectivity index is 2.62. The molecular weight excluding hydrogens is 234 g/mol. The van der Waals surface area contributed by atoms with Crippen LogP contribution in [-0.4, -0.2) is 31.4 Å². The molecule has 4 nitrogen and oxygen atoms in total. The minimum absolute atomic E-state index is 0.0328. The Morgan fingerprint density at radius 2 is 1.94 bits per heavy atom. The van der Waals surface area contributed by atoms with E-state index in [0.717, 1.165) is 12.1 Å². The fraction of sp³-hybridized carbons (Fsp3) is 0.364. The highest BCUT2D eigenvalue weighted by Crippen LogP contribution is 2.20. The summed E-state index contributed by atoms with van der Waals surface area (Å²) in [4.78, 5) is 10.1. The summed E-state index contributed by atoms with van der Waals surface area (Å²) < 4.78 is 36.2. The third kappa shape index (κ3) is 3.99. The van der Waals surface area contributed by atoms with Crippen molar-refractivity contribution in [2.45, 2.75) is 6.42 Å². The van der Waals surface area contributed by atoms with Crippen LogP contribution in [0.15, 0.2) is 12.1 Å². The predicted molar refractivity (Wildman–Crippen MR) is 55.1 cm³/mol.